The molecule has 0 saturated carbocycles. The highest BCUT2D eigenvalue weighted by Gasteiger charge is 2.06. The lowest BCUT2D eigenvalue weighted by atomic mass is 10.1. The van der Waals surface area contributed by atoms with Crippen LogP contribution in [0.15, 0.2) is 64.0 Å². The smallest absolute Gasteiger partial charge is 0.335 e. The summed E-state index contributed by atoms with van der Waals surface area (Å²) in [7, 11) is 0. The molecule has 0 radical (unpaired) electrons. The highest BCUT2D eigenvalue weighted by molar-refractivity contribution is 5.92. The first-order valence-electron chi connectivity index (χ1n) is 8.24. The Morgan fingerprint density at radius 3 is 2.59 bits per heavy atom. The summed E-state index contributed by atoms with van der Waals surface area (Å²) < 4.78 is 5.44. The van der Waals surface area contributed by atoms with Gasteiger partial charge in [0.15, 0.2) is 5.43 Å². The van der Waals surface area contributed by atoms with Crippen molar-refractivity contribution in [3.05, 3.63) is 87.3 Å². The first-order chi connectivity index (χ1) is 12.9. The first kappa shape index (κ1) is 18.1. The maximum absolute atomic E-state index is 12.5. The number of carbonyl (C=O) groups is 2. The molecule has 6 heteroatoms. The predicted molar refractivity (Wildman–Crippen MR) is 102 cm³/mol. The molecule has 0 aliphatic carbocycles. The van der Waals surface area contributed by atoms with E-state index in [0.29, 0.717) is 11.0 Å². The fourth-order valence-corrected chi connectivity index (χ4v) is 2.55. The van der Waals surface area contributed by atoms with Crippen LogP contribution in [0, 0.1) is 6.92 Å². The number of amides is 1. The minimum absolute atomic E-state index is 0.184. The molecule has 136 valence electrons. The van der Waals surface area contributed by atoms with E-state index in [-0.39, 0.29) is 29.0 Å². The fraction of sp³-hybridized carbons (Fsp3) is 0.0952. The van der Waals surface area contributed by atoms with Crippen molar-refractivity contribution in [3.8, 4) is 0 Å². The second kappa shape index (κ2) is 7.70. The predicted octanol–water partition coefficient (Wildman–Crippen LogP) is 3.13. The summed E-state index contributed by atoms with van der Waals surface area (Å²) in [6, 6.07) is 11.6. The van der Waals surface area contributed by atoms with Gasteiger partial charge in [0.05, 0.1) is 16.5 Å². The van der Waals surface area contributed by atoms with Gasteiger partial charge in [-0.1, -0.05) is 23.8 Å². The lowest BCUT2D eigenvalue weighted by Crippen LogP contribution is -2.20. The minimum Gasteiger partial charge on any atom is -0.478 e. The summed E-state index contributed by atoms with van der Waals surface area (Å²) in [6.45, 7) is 2.13. The molecule has 0 unspecified atom stereocenters. The molecule has 6 nitrogen and oxygen atoms in total. The molecule has 0 bridgehead atoms. The second-order valence-corrected chi connectivity index (χ2v) is 6.07. The molecule has 2 N–H and O–H groups in total. The van der Waals surface area contributed by atoms with Gasteiger partial charge in [0.1, 0.15) is 11.8 Å². The Bertz CT molecular complexity index is 1090. The lowest BCUT2D eigenvalue weighted by Gasteiger charge is -2.03. The molecule has 3 rings (SSSR count). The van der Waals surface area contributed by atoms with E-state index in [1.54, 1.807) is 24.3 Å². The number of rotatable bonds is 5. The zero-order chi connectivity index (χ0) is 19.4. The molecule has 1 aromatic heterocycles. The molecular weight excluding hydrogens is 346 g/mol. The third-order valence-electron chi connectivity index (χ3n) is 4.04. The summed E-state index contributed by atoms with van der Waals surface area (Å²) in [5.41, 5.74) is 2.48. The molecule has 3 aromatic rings. The van der Waals surface area contributed by atoms with Crippen LogP contribution in [0.3, 0.4) is 0 Å². The van der Waals surface area contributed by atoms with E-state index >= 15 is 0 Å². The third kappa shape index (κ3) is 4.30. The first-order valence-corrected chi connectivity index (χ1v) is 8.24. The molecule has 0 saturated heterocycles. The average Bonchev–Trinajstić information content (AvgIpc) is 2.66. The molecule has 0 atom stereocenters. The standard InChI is InChI=1S/C21H17NO5/c1-13-2-8-18-17(10-13)20(24)16(12-27-18)7-9-19(23)22-11-14-3-5-15(6-4-14)21(25)26/h2-10,12H,11H2,1H3,(H,22,23)(H,25,26)/b9-7+. The van der Waals surface area contributed by atoms with Gasteiger partial charge in [0, 0.05) is 12.6 Å². The van der Waals surface area contributed by atoms with Crippen LogP contribution in [0.1, 0.15) is 27.0 Å². The van der Waals surface area contributed by atoms with E-state index in [4.69, 9.17) is 9.52 Å². The number of carboxylic acids is 1. The van der Waals surface area contributed by atoms with E-state index in [1.807, 2.05) is 13.0 Å². The second-order valence-electron chi connectivity index (χ2n) is 6.07. The van der Waals surface area contributed by atoms with Crippen molar-refractivity contribution >= 4 is 28.9 Å². The van der Waals surface area contributed by atoms with Gasteiger partial charge in [0.25, 0.3) is 0 Å². The van der Waals surface area contributed by atoms with Gasteiger partial charge in [-0.3, -0.25) is 9.59 Å². The Kier molecular flexibility index (Phi) is 5.17. The van der Waals surface area contributed by atoms with Gasteiger partial charge < -0.3 is 14.8 Å². The molecule has 27 heavy (non-hydrogen) atoms. The summed E-state index contributed by atoms with van der Waals surface area (Å²) in [6.07, 6.45) is 4.00. The minimum atomic E-state index is -1.00. The SMILES string of the molecule is Cc1ccc2occ(/C=C/C(=O)NCc3ccc(C(=O)O)cc3)c(=O)c2c1. The van der Waals surface area contributed by atoms with Gasteiger partial charge in [-0.2, -0.15) is 0 Å². The Balaban J connectivity index is 1.68. The number of nitrogens with one attached hydrogen (secondary N) is 1. The number of carbonyl (C=O) groups excluding carboxylic acids is 1. The highest BCUT2D eigenvalue weighted by atomic mass is 16.4. The summed E-state index contributed by atoms with van der Waals surface area (Å²) in [5, 5.41) is 12.0. The average molecular weight is 363 g/mol. The number of aromatic carboxylic acids is 1. The molecule has 0 aliphatic rings. The van der Waals surface area contributed by atoms with Crippen LogP contribution < -0.4 is 10.7 Å². The van der Waals surface area contributed by atoms with Crippen LogP contribution in [0.5, 0.6) is 0 Å². The van der Waals surface area contributed by atoms with Crippen molar-refractivity contribution in [2.75, 3.05) is 0 Å². The third-order valence-corrected chi connectivity index (χ3v) is 4.04. The Morgan fingerprint density at radius 1 is 1.15 bits per heavy atom. The van der Waals surface area contributed by atoms with Gasteiger partial charge in [-0.25, -0.2) is 4.79 Å². The Hall–Kier alpha value is -3.67. The maximum Gasteiger partial charge on any atom is 0.335 e. The van der Waals surface area contributed by atoms with Crippen molar-refractivity contribution in [2.45, 2.75) is 13.5 Å². The molecular formula is C21H17NO5. The van der Waals surface area contributed by atoms with Crippen LogP contribution in [0.4, 0.5) is 0 Å². The van der Waals surface area contributed by atoms with Crippen LogP contribution >= 0.6 is 0 Å². The van der Waals surface area contributed by atoms with Crippen molar-refractivity contribution in [3.63, 3.8) is 0 Å². The molecule has 1 heterocycles. The number of carboxylic acid groups (broad SMARTS) is 1. The van der Waals surface area contributed by atoms with Crippen LogP contribution in [-0.2, 0) is 11.3 Å². The van der Waals surface area contributed by atoms with E-state index in [0.717, 1.165) is 11.1 Å². The van der Waals surface area contributed by atoms with Crippen LogP contribution in [-0.4, -0.2) is 17.0 Å². The van der Waals surface area contributed by atoms with Gasteiger partial charge in [0.2, 0.25) is 5.91 Å². The highest BCUT2D eigenvalue weighted by Crippen LogP contribution is 2.13. The van der Waals surface area contributed by atoms with Crippen molar-refractivity contribution in [1.82, 2.24) is 5.32 Å². The molecule has 1 amide bonds. The van der Waals surface area contributed by atoms with E-state index in [1.165, 1.54) is 30.5 Å². The monoisotopic (exact) mass is 363 g/mol. The maximum atomic E-state index is 12.5. The van der Waals surface area contributed by atoms with Gasteiger partial charge in [-0.05, 0) is 42.8 Å². The number of hydrogen-bond donors (Lipinski definition) is 2. The summed E-state index contributed by atoms with van der Waals surface area (Å²) >= 11 is 0. The molecule has 2 aromatic carbocycles. The quantitative estimate of drug-likeness (QED) is 0.679. The Labute approximate surface area is 154 Å². The normalized spacial score (nSPS) is 11.0. The zero-order valence-corrected chi connectivity index (χ0v) is 14.6. The van der Waals surface area contributed by atoms with E-state index < -0.39 is 5.97 Å². The van der Waals surface area contributed by atoms with Crippen LogP contribution in [0.2, 0.25) is 0 Å². The van der Waals surface area contributed by atoms with E-state index in [9.17, 15) is 14.4 Å². The van der Waals surface area contributed by atoms with Gasteiger partial charge in [-0.15, -0.1) is 0 Å². The van der Waals surface area contributed by atoms with Crippen molar-refractivity contribution < 1.29 is 19.1 Å². The molecule has 0 fully saturated rings. The lowest BCUT2D eigenvalue weighted by molar-refractivity contribution is -0.116. The zero-order valence-electron chi connectivity index (χ0n) is 14.6. The topological polar surface area (TPSA) is 96.6 Å². The molecule has 0 spiro atoms. The fourth-order valence-electron chi connectivity index (χ4n) is 2.55. The largest absolute Gasteiger partial charge is 0.478 e. The number of aryl methyl sites for hydroxylation is 1. The van der Waals surface area contributed by atoms with Crippen molar-refractivity contribution in [2.24, 2.45) is 0 Å². The summed E-state index contributed by atoms with van der Waals surface area (Å²) in [4.78, 5) is 35.3. The Morgan fingerprint density at radius 2 is 1.89 bits per heavy atom. The van der Waals surface area contributed by atoms with E-state index in [2.05, 4.69) is 5.32 Å². The number of benzene rings is 2. The number of hydrogen-bond acceptors (Lipinski definition) is 4. The van der Waals surface area contributed by atoms with Crippen molar-refractivity contribution in [1.29, 1.82) is 0 Å². The molecule has 0 aliphatic heterocycles. The van der Waals surface area contributed by atoms with Gasteiger partial charge >= 0.3 is 5.97 Å². The number of fused-ring (bicyclic) bond motifs is 1. The van der Waals surface area contributed by atoms with Crippen LogP contribution in [0.25, 0.3) is 17.0 Å². The summed E-state index contributed by atoms with van der Waals surface area (Å²) in [5.74, 6) is -1.38.